The van der Waals surface area contributed by atoms with Crippen LogP contribution in [0.15, 0.2) is 37.0 Å². The summed E-state index contributed by atoms with van der Waals surface area (Å²) < 4.78 is 0. The maximum absolute atomic E-state index is 5.76. The van der Waals surface area contributed by atoms with Gasteiger partial charge in [-0.25, -0.2) is 0 Å². The number of thiocarbonyl (C=S) groups is 1. The molecule has 0 saturated carbocycles. The predicted octanol–water partition coefficient (Wildman–Crippen LogP) is 2.60. The fourth-order valence-electron chi connectivity index (χ4n) is 0.872. The van der Waals surface area contributed by atoms with Gasteiger partial charge in [0.25, 0.3) is 0 Å². The van der Waals surface area contributed by atoms with Gasteiger partial charge in [-0.1, -0.05) is 42.5 Å². The molecule has 14 heavy (non-hydrogen) atoms. The second-order valence-electron chi connectivity index (χ2n) is 2.74. The van der Waals surface area contributed by atoms with E-state index in [1.807, 2.05) is 19.2 Å². The van der Waals surface area contributed by atoms with Crippen molar-refractivity contribution in [3.63, 3.8) is 0 Å². The van der Waals surface area contributed by atoms with Gasteiger partial charge in [-0.3, -0.25) is 10.4 Å². The molecule has 0 bridgehead atoms. The van der Waals surface area contributed by atoms with Crippen molar-refractivity contribution in [1.82, 2.24) is 10.4 Å². The Balaban J connectivity index is 2.70. The van der Waals surface area contributed by atoms with Crippen LogP contribution in [0, 0.1) is 0 Å². The largest absolute Gasteiger partial charge is 0.298 e. The number of halogens is 1. The molecule has 0 aliphatic carbocycles. The van der Waals surface area contributed by atoms with Crippen molar-refractivity contribution in [3.8, 4) is 0 Å². The van der Waals surface area contributed by atoms with Crippen molar-refractivity contribution in [1.29, 1.82) is 0 Å². The Kier molecular flexibility index (Phi) is 3.92. The zero-order chi connectivity index (χ0) is 10.6. The zero-order valence-electron chi connectivity index (χ0n) is 7.83. The summed E-state index contributed by atoms with van der Waals surface area (Å²) >= 11 is 10.9. The minimum absolute atomic E-state index is 0.643. The van der Waals surface area contributed by atoms with E-state index < -0.39 is 0 Å². The molecule has 0 saturated heterocycles. The molecule has 0 unspecified atom stereocenters. The maximum atomic E-state index is 5.76. The minimum Gasteiger partial charge on any atom is -0.298 e. The highest BCUT2D eigenvalue weighted by Crippen LogP contribution is 2.09. The summed E-state index contributed by atoms with van der Waals surface area (Å²) in [4.78, 5) is 0.643. The standard InChI is InChI=1S/C10H11ClN2S/c1-3-13(2)12-10(14)8-4-6-9(11)7-5-8/h3-7H,1H2,2H3,(H,12,14). The van der Waals surface area contributed by atoms with Crippen LogP contribution in [0.25, 0.3) is 0 Å². The quantitative estimate of drug-likeness (QED) is 0.630. The first-order valence-electron chi connectivity index (χ1n) is 4.05. The fraction of sp³-hybridized carbons (Fsp3) is 0.100. The van der Waals surface area contributed by atoms with Gasteiger partial charge in [0.2, 0.25) is 0 Å². The van der Waals surface area contributed by atoms with E-state index in [0.29, 0.717) is 10.0 Å². The van der Waals surface area contributed by atoms with Gasteiger partial charge in [0.15, 0.2) is 0 Å². The van der Waals surface area contributed by atoms with E-state index in [4.69, 9.17) is 23.8 Å². The first-order valence-corrected chi connectivity index (χ1v) is 4.84. The Morgan fingerprint density at radius 2 is 2.07 bits per heavy atom. The van der Waals surface area contributed by atoms with Crippen LogP contribution >= 0.6 is 23.8 Å². The molecule has 4 heteroatoms. The molecule has 2 nitrogen and oxygen atoms in total. The lowest BCUT2D eigenvalue weighted by Crippen LogP contribution is -2.34. The molecule has 0 amide bonds. The predicted molar refractivity (Wildman–Crippen MR) is 64.2 cm³/mol. The third-order valence-corrected chi connectivity index (χ3v) is 2.24. The third-order valence-electron chi connectivity index (χ3n) is 1.66. The molecule has 1 N–H and O–H groups in total. The summed E-state index contributed by atoms with van der Waals surface area (Å²) in [6.45, 7) is 3.60. The molecule has 74 valence electrons. The van der Waals surface area contributed by atoms with E-state index in [1.165, 1.54) is 0 Å². The number of nitrogens with zero attached hydrogens (tertiary/aromatic N) is 1. The molecule has 1 aromatic rings. The van der Waals surface area contributed by atoms with Crippen molar-refractivity contribution in [3.05, 3.63) is 47.6 Å². The second kappa shape index (κ2) is 4.98. The number of benzene rings is 1. The van der Waals surface area contributed by atoms with Gasteiger partial charge in [-0.2, -0.15) is 0 Å². The molecular formula is C10H11ClN2S. The van der Waals surface area contributed by atoms with Crippen LogP contribution in [0.4, 0.5) is 0 Å². The second-order valence-corrected chi connectivity index (χ2v) is 3.59. The normalized spacial score (nSPS) is 9.29. The molecule has 0 radical (unpaired) electrons. The number of hydrogen-bond donors (Lipinski definition) is 1. The van der Waals surface area contributed by atoms with Crippen molar-refractivity contribution < 1.29 is 0 Å². The highest BCUT2D eigenvalue weighted by molar-refractivity contribution is 7.80. The average Bonchev–Trinajstić information content (AvgIpc) is 2.18. The number of nitrogens with one attached hydrogen (secondary N) is 1. The van der Waals surface area contributed by atoms with E-state index in [1.54, 1.807) is 23.3 Å². The van der Waals surface area contributed by atoms with Gasteiger partial charge < -0.3 is 0 Å². The topological polar surface area (TPSA) is 15.3 Å². The fourth-order valence-corrected chi connectivity index (χ4v) is 1.28. The van der Waals surface area contributed by atoms with Gasteiger partial charge >= 0.3 is 0 Å². The first kappa shape index (κ1) is 11.0. The summed E-state index contributed by atoms with van der Waals surface area (Å²) in [6, 6.07) is 7.35. The van der Waals surface area contributed by atoms with Crippen LogP contribution in [0.1, 0.15) is 5.56 Å². The van der Waals surface area contributed by atoms with Gasteiger partial charge in [-0.15, -0.1) is 0 Å². The summed E-state index contributed by atoms with van der Waals surface area (Å²) in [5.41, 5.74) is 3.90. The van der Waals surface area contributed by atoms with E-state index >= 15 is 0 Å². The van der Waals surface area contributed by atoms with E-state index in [-0.39, 0.29) is 0 Å². The van der Waals surface area contributed by atoms with Crippen molar-refractivity contribution in [2.75, 3.05) is 7.05 Å². The molecule has 0 aliphatic heterocycles. The highest BCUT2D eigenvalue weighted by Gasteiger charge is 2.00. The van der Waals surface area contributed by atoms with Crippen molar-refractivity contribution in [2.24, 2.45) is 0 Å². The summed E-state index contributed by atoms with van der Waals surface area (Å²) in [5, 5.41) is 2.39. The summed E-state index contributed by atoms with van der Waals surface area (Å²) in [5.74, 6) is 0. The van der Waals surface area contributed by atoms with Gasteiger partial charge in [0, 0.05) is 23.8 Å². The van der Waals surface area contributed by atoms with Crippen LogP contribution in [0.3, 0.4) is 0 Å². The Morgan fingerprint density at radius 3 is 2.57 bits per heavy atom. The molecule has 0 heterocycles. The van der Waals surface area contributed by atoms with Crippen LogP contribution < -0.4 is 5.43 Å². The smallest absolute Gasteiger partial charge is 0.125 e. The molecular weight excluding hydrogens is 216 g/mol. The van der Waals surface area contributed by atoms with E-state index in [9.17, 15) is 0 Å². The van der Waals surface area contributed by atoms with Gasteiger partial charge in [0.1, 0.15) is 4.99 Å². The van der Waals surface area contributed by atoms with Crippen LogP contribution in [-0.4, -0.2) is 17.0 Å². The zero-order valence-corrected chi connectivity index (χ0v) is 9.40. The van der Waals surface area contributed by atoms with Crippen LogP contribution in [-0.2, 0) is 0 Å². The minimum atomic E-state index is 0.643. The lowest BCUT2D eigenvalue weighted by molar-refractivity contribution is 0.414. The Labute approximate surface area is 94.1 Å². The van der Waals surface area contributed by atoms with Gasteiger partial charge in [0.05, 0.1) is 0 Å². The average molecular weight is 227 g/mol. The van der Waals surface area contributed by atoms with Gasteiger partial charge in [-0.05, 0) is 12.1 Å². The number of hydrazine groups is 1. The van der Waals surface area contributed by atoms with Crippen LogP contribution in [0.5, 0.6) is 0 Å². The van der Waals surface area contributed by atoms with E-state index in [2.05, 4.69) is 12.0 Å². The van der Waals surface area contributed by atoms with Crippen LogP contribution in [0.2, 0.25) is 5.02 Å². The Bertz CT molecular complexity index is 334. The maximum Gasteiger partial charge on any atom is 0.125 e. The monoisotopic (exact) mass is 226 g/mol. The lowest BCUT2D eigenvalue weighted by atomic mass is 10.2. The Morgan fingerprint density at radius 1 is 1.50 bits per heavy atom. The summed E-state index contributed by atoms with van der Waals surface area (Å²) in [6.07, 6.45) is 1.64. The molecule has 0 fully saturated rings. The Hall–Kier alpha value is -1.06. The van der Waals surface area contributed by atoms with Crippen molar-refractivity contribution in [2.45, 2.75) is 0 Å². The SMILES string of the molecule is C=CN(C)NC(=S)c1ccc(Cl)cc1. The molecule has 1 rings (SSSR count). The molecule has 0 aliphatic rings. The highest BCUT2D eigenvalue weighted by atomic mass is 35.5. The molecule has 1 aromatic carbocycles. The van der Waals surface area contributed by atoms with Crippen molar-refractivity contribution >= 4 is 28.8 Å². The third kappa shape index (κ3) is 3.01. The first-order chi connectivity index (χ1) is 6.63. The number of hydrogen-bond acceptors (Lipinski definition) is 2. The molecule has 0 spiro atoms. The lowest BCUT2D eigenvalue weighted by Gasteiger charge is -2.16. The van der Waals surface area contributed by atoms with E-state index in [0.717, 1.165) is 5.56 Å². The molecule has 0 atom stereocenters. The molecule has 0 aromatic heterocycles. The number of rotatable bonds is 3. The summed E-state index contributed by atoms with van der Waals surface area (Å²) in [7, 11) is 1.83.